The van der Waals surface area contributed by atoms with Crippen molar-refractivity contribution >= 4 is 27.5 Å². The van der Waals surface area contributed by atoms with Gasteiger partial charge in [-0.05, 0) is 28.1 Å². The molecule has 0 atom stereocenters. The van der Waals surface area contributed by atoms with Gasteiger partial charge in [0.2, 0.25) is 0 Å². The van der Waals surface area contributed by atoms with Crippen LogP contribution in [0.25, 0.3) is 0 Å². The second-order valence-electron chi connectivity index (χ2n) is 4.50. The predicted molar refractivity (Wildman–Crippen MR) is 82.0 cm³/mol. The van der Waals surface area contributed by atoms with E-state index in [-0.39, 0.29) is 5.84 Å². The molecule has 6 nitrogen and oxygen atoms in total. The fourth-order valence-electron chi connectivity index (χ4n) is 2.05. The Kier molecular flexibility index (Phi) is 4.29. The number of amidine groups is 1. The van der Waals surface area contributed by atoms with Crippen LogP contribution in [0.15, 0.2) is 40.2 Å². The largest absolute Gasteiger partial charge is 0.409 e. The summed E-state index contributed by atoms with van der Waals surface area (Å²) in [6.45, 7) is 0.677. The molecule has 3 N–H and O–H groups in total. The van der Waals surface area contributed by atoms with Crippen molar-refractivity contribution in [3.8, 4) is 0 Å². The molecule has 1 aromatic heterocycles. The number of nitrogens with two attached hydrogens (primary N) is 1. The highest BCUT2D eigenvalue weighted by Crippen LogP contribution is 2.28. The molecule has 0 spiro atoms. The van der Waals surface area contributed by atoms with Gasteiger partial charge >= 0.3 is 0 Å². The van der Waals surface area contributed by atoms with Gasteiger partial charge in [-0.2, -0.15) is 5.10 Å². The number of aryl methyl sites for hydroxylation is 1. The van der Waals surface area contributed by atoms with Crippen molar-refractivity contribution in [2.75, 3.05) is 11.9 Å². The van der Waals surface area contributed by atoms with E-state index in [1.165, 1.54) is 0 Å². The Morgan fingerprint density at radius 2 is 2.30 bits per heavy atom. The van der Waals surface area contributed by atoms with Gasteiger partial charge in [0.1, 0.15) is 0 Å². The zero-order valence-corrected chi connectivity index (χ0v) is 12.9. The van der Waals surface area contributed by atoms with E-state index in [9.17, 15) is 0 Å². The first-order valence-corrected chi connectivity index (χ1v) is 6.77. The molecule has 1 heterocycles. The van der Waals surface area contributed by atoms with Gasteiger partial charge in [0.25, 0.3) is 0 Å². The fraction of sp³-hybridized carbons (Fsp3) is 0.231. The topological polar surface area (TPSA) is 79.7 Å². The maximum Gasteiger partial charge on any atom is 0.173 e. The maximum absolute atomic E-state index is 8.92. The number of aromatic nitrogens is 2. The molecule has 0 aliphatic carbocycles. The first kappa shape index (κ1) is 14.4. The van der Waals surface area contributed by atoms with E-state index in [1.807, 2.05) is 49.6 Å². The minimum absolute atomic E-state index is 0.0745. The van der Waals surface area contributed by atoms with Gasteiger partial charge in [0, 0.05) is 42.6 Å². The molecule has 0 amide bonds. The molecule has 1 aromatic carbocycles. The number of oxime groups is 1. The van der Waals surface area contributed by atoms with Crippen molar-refractivity contribution < 1.29 is 5.21 Å². The predicted octanol–water partition coefficient (Wildman–Crippen LogP) is 1.91. The van der Waals surface area contributed by atoms with Crippen molar-refractivity contribution in [2.45, 2.75) is 6.54 Å². The van der Waals surface area contributed by atoms with Crippen LogP contribution in [0.3, 0.4) is 0 Å². The van der Waals surface area contributed by atoms with Crippen LogP contribution in [0, 0.1) is 0 Å². The highest BCUT2D eigenvalue weighted by atomic mass is 79.9. The lowest BCUT2D eigenvalue weighted by Crippen LogP contribution is -2.23. The Hall–Kier alpha value is -2.02. The van der Waals surface area contributed by atoms with E-state index in [0.717, 1.165) is 15.7 Å². The van der Waals surface area contributed by atoms with Gasteiger partial charge in [-0.25, -0.2) is 0 Å². The number of hydrogen-bond acceptors (Lipinski definition) is 4. The lowest BCUT2D eigenvalue weighted by molar-refractivity contribution is 0.318. The summed E-state index contributed by atoms with van der Waals surface area (Å²) in [5, 5.41) is 16.2. The molecule has 2 aromatic rings. The third-order valence-electron chi connectivity index (χ3n) is 2.94. The van der Waals surface area contributed by atoms with Crippen molar-refractivity contribution in [1.82, 2.24) is 9.78 Å². The van der Waals surface area contributed by atoms with E-state index in [0.29, 0.717) is 12.1 Å². The molecule has 0 fully saturated rings. The normalized spacial score (nSPS) is 11.7. The highest BCUT2D eigenvalue weighted by Gasteiger charge is 2.15. The smallest absolute Gasteiger partial charge is 0.173 e. The summed E-state index contributed by atoms with van der Waals surface area (Å²) in [6.07, 6.45) is 3.77. The Morgan fingerprint density at radius 3 is 2.90 bits per heavy atom. The van der Waals surface area contributed by atoms with E-state index in [4.69, 9.17) is 10.9 Å². The monoisotopic (exact) mass is 337 g/mol. The van der Waals surface area contributed by atoms with Crippen LogP contribution in [0.5, 0.6) is 0 Å². The van der Waals surface area contributed by atoms with Gasteiger partial charge in [0.15, 0.2) is 5.84 Å². The molecule has 20 heavy (non-hydrogen) atoms. The van der Waals surface area contributed by atoms with Gasteiger partial charge < -0.3 is 15.8 Å². The van der Waals surface area contributed by atoms with Gasteiger partial charge in [-0.1, -0.05) is 11.2 Å². The van der Waals surface area contributed by atoms with Crippen molar-refractivity contribution in [3.63, 3.8) is 0 Å². The molecule has 0 unspecified atom stereocenters. The Morgan fingerprint density at radius 1 is 1.55 bits per heavy atom. The number of anilines is 1. The second kappa shape index (κ2) is 5.96. The van der Waals surface area contributed by atoms with Crippen LogP contribution < -0.4 is 10.6 Å². The fourth-order valence-corrected chi connectivity index (χ4v) is 2.61. The minimum Gasteiger partial charge on any atom is -0.409 e. The van der Waals surface area contributed by atoms with Crippen molar-refractivity contribution in [3.05, 3.63) is 46.2 Å². The van der Waals surface area contributed by atoms with Crippen LogP contribution in [-0.4, -0.2) is 27.9 Å². The number of nitrogens with zero attached hydrogens (tertiary/aromatic N) is 4. The quantitative estimate of drug-likeness (QED) is 0.386. The zero-order valence-electron chi connectivity index (χ0n) is 11.3. The van der Waals surface area contributed by atoms with Gasteiger partial charge in [0.05, 0.1) is 11.8 Å². The molecule has 2 rings (SSSR count). The summed E-state index contributed by atoms with van der Waals surface area (Å²) in [4.78, 5) is 2.02. The summed E-state index contributed by atoms with van der Waals surface area (Å²) in [5.74, 6) is 0.0745. The number of benzene rings is 1. The molecule has 106 valence electrons. The minimum atomic E-state index is 0.0745. The first-order chi connectivity index (χ1) is 9.52. The third-order valence-corrected chi connectivity index (χ3v) is 3.61. The highest BCUT2D eigenvalue weighted by molar-refractivity contribution is 9.10. The van der Waals surface area contributed by atoms with Crippen LogP contribution in [0.1, 0.15) is 11.1 Å². The molecular weight excluding hydrogens is 322 g/mol. The summed E-state index contributed by atoms with van der Waals surface area (Å²) in [7, 11) is 3.83. The van der Waals surface area contributed by atoms with Crippen molar-refractivity contribution in [2.24, 2.45) is 17.9 Å². The van der Waals surface area contributed by atoms with Crippen LogP contribution >= 0.6 is 15.9 Å². The average molecular weight is 338 g/mol. The summed E-state index contributed by atoms with van der Waals surface area (Å²) >= 11 is 3.43. The summed E-state index contributed by atoms with van der Waals surface area (Å²) in [6, 6.07) is 5.69. The molecule has 0 aliphatic heterocycles. The molecule has 7 heteroatoms. The van der Waals surface area contributed by atoms with E-state index >= 15 is 0 Å². The average Bonchev–Trinajstić information content (AvgIpc) is 2.83. The first-order valence-electron chi connectivity index (χ1n) is 5.98. The maximum atomic E-state index is 8.92. The lowest BCUT2D eigenvalue weighted by atomic mass is 10.1. The van der Waals surface area contributed by atoms with Crippen LogP contribution in [0.4, 0.5) is 5.69 Å². The second-order valence-corrected chi connectivity index (χ2v) is 5.35. The number of rotatable bonds is 4. The SMILES string of the molecule is CN(Cc1cnn(C)c1)c1cccc(Br)c1/C(N)=N/O. The Balaban J connectivity index is 2.34. The van der Waals surface area contributed by atoms with Crippen LogP contribution in [0.2, 0.25) is 0 Å². The van der Waals surface area contributed by atoms with Gasteiger partial charge in [-0.3, -0.25) is 4.68 Å². The zero-order chi connectivity index (χ0) is 14.7. The molecule has 0 bridgehead atoms. The van der Waals surface area contributed by atoms with E-state index in [1.54, 1.807) is 4.68 Å². The lowest BCUT2D eigenvalue weighted by Gasteiger charge is -2.22. The van der Waals surface area contributed by atoms with Gasteiger partial charge in [-0.15, -0.1) is 0 Å². The molecule has 0 aliphatic rings. The summed E-state index contributed by atoms with van der Waals surface area (Å²) in [5.41, 5.74) is 8.38. The van der Waals surface area contributed by atoms with E-state index < -0.39 is 0 Å². The van der Waals surface area contributed by atoms with Crippen LogP contribution in [-0.2, 0) is 13.6 Å². The molecular formula is C13H16BrN5O. The van der Waals surface area contributed by atoms with E-state index in [2.05, 4.69) is 26.2 Å². The Bertz CT molecular complexity index is 637. The third kappa shape index (κ3) is 2.93. The number of halogens is 1. The number of hydrogen-bond donors (Lipinski definition) is 2. The Labute approximate surface area is 125 Å². The molecule has 0 saturated heterocycles. The summed E-state index contributed by atoms with van der Waals surface area (Å²) < 4.78 is 2.54. The standard InChI is InChI=1S/C13H16BrN5O/c1-18(7-9-6-16-19(2)8-9)11-5-3-4-10(14)12(11)13(15)17-20/h3-6,8,20H,7H2,1-2H3,(H2,15,17). The molecule has 0 radical (unpaired) electrons. The van der Waals surface area contributed by atoms with Crippen molar-refractivity contribution in [1.29, 1.82) is 0 Å². The molecule has 0 saturated carbocycles.